The fourth-order valence-corrected chi connectivity index (χ4v) is 2.84. The molecule has 1 aliphatic rings. The number of phenolic OH excluding ortho intramolecular Hbond substituents is 1. The molecule has 1 N–H and O–H groups in total. The maximum absolute atomic E-state index is 12.7. The van der Waals surface area contributed by atoms with Gasteiger partial charge in [0.15, 0.2) is 0 Å². The van der Waals surface area contributed by atoms with E-state index in [0.29, 0.717) is 5.56 Å². The second-order valence-electron chi connectivity index (χ2n) is 5.76. The molecule has 0 fully saturated rings. The van der Waals surface area contributed by atoms with Crippen molar-refractivity contribution in [2.75, 3.05) is 20.2 Å². The Morgan fingerprint density at radius 1 is 1.38 bits per heavy atom. The van der Waals surface area contributed by atoms with Crippen LogP contribution in [0.15, 0.2) is 18.2 Å². The molecule has 1 aromatic rings. The Labute approximate surface area is 137 Å². The number of esters is 1. The topological polar surface area (TPSA) is 66.8 Å². The van der Waals surface area contributed by atoms with Gasteiger partial charge < -0.3 is 14.7 Å². The van der Waals surface area contributed by atoms with Crippen molar-refractivity contribution in [3.8, 4) is 5.75 Å². The zero-order valence-corrected chi connectivity index (χ0v) is 13.1. The van der Waals surface area contributed by atoms with Gasteiger partial charge >= 0.3 is 12.1 Å². The van der Waals surface area contributed by atoms with Gasteiger partial charge in [0, 0.05) is 6.54 Å². The van der Waals surface area contributed by atoms with Gasteiger partial charge in [-0.1, -0.05) is 6.07 Å². The Balaban J connectivity index is 2.33. The first-order valence-electron chi connectivity index (χ1n) is 7.42. The van der Waals surface area contributed by atoms with Gasteiger partial charge in [-0.05, 0) is 36.1 Å². The van der Waals surface area contributed by atoms with Crippen LogP contribution in [0.5, 0.6) is 5.75 Å². The average molecular weight is 345 g/mol. The fraction of sp³-hybridized carbons (Fsp3) is 0.500. The summed E-state index contributed by atoms with van der Waals surface area (Å²) < 4.78 is 42.8. The third-order valence-electron chi connectivity index (χ3n) is 3.98. The first-order chi connectivity index (χ1) is 11.2. The molecule has 0 spiro atoms. The molecule has 1 heterocycles. The highest BCUT2D eigenvalue weighted by Crippen LogP contribution is 2.27. The molecular formula is C16H18F3NO4. The number of methoxy groups -OCH3 is 1. The van der Waals surface area contributed by atoms with Crippen molar-refractivity contribution < 1.29 is 32.6 Å². The number of rotatable bonds is 3. The molecular weight excluding hydrogens is 327 g/mol. The number of benzene rings is 1. The molecule has 0 bridgehead atoms. The van der Waals surface area contributed by atoms with Gasteiger partial charge in [0.25, 0.3) is 0 Å². The zero-order valence-electron chi connectivity index (χ0n) is 13.1. The number of carbonyl (C=O) groups is 2. The molecule has 132 valence electrons. The first kappa shape index (κ1) is 18.1. The van der Waals surface area contributed by atoms with Crippen LogP contribution in [0, 0.1) is 5.92 Å². The minimum absolute atomic E-state index is 0.00698. The van der Waals surface area contributed by atoms with E-state index >= 15 is 0 Å². The van der Waals surface area contributed by atoms with Crippen molar-refractivity contribution in [2.45, 2.75) is 25.4 Å². The highest BCUT2D eigenvalue weighted by Gasteiger charge is 2.37. The Morgan fingerprint density at radius 2 is 2.08 bits per heavy atom. The molecule has 0 aromatic heterocycles. The molecule has 2 rings (SSSR count). The highest BCUT2D eigenvalue weighted by atomic mass is 19.4. The van der Waals surface area contributed by atoms with Crippen LogP contribution in [-0.4, -0.2) is 48.3 Å². The zero-order chi connectivity index (χ0) is 17.9. The van der Waals surface area contributed by atoms with Crippen LogP contribution in [0.3, 0.4) is 0 Å². The molecule has 5 nitrogen and oxygen atoms in total. The average Bonchev–Trinajstić information content (AvgIpc) is 2.49. The maximum atomic E-state index is 12.7. The number of amides is 1. The molecule has 0 saturated heterocycles. The van der Waals surface area contributed by atoms with Crippen molar-refractivity contribution in [1.82, 2.24) is 4.90 Å². The number of hydrogen-bond acceptors (Lipinski definition) is 4. The lowest BCUT2D eigenvalue weighted by atomic mass is 9.89. The van der Waals surface area contributed by atoms with Crippen molar-refractivity contribution in [2.24, 2.45) is 5.92 Å². The number of fused-ring (bicyclic) bond motifs is 1. The summed E-state index contributed by atoms with van der Waals surface area (Å²) in [6.45, 7) is -1.50. The molecule has 1 aromatic carbocycles. The number of aromatic hydroxyl groups is 1. The van der Waals surface area contributed by atoms with Gasteiger partial charge in [0.2, 0.25) is 5.91 Å². The van der Waals surface area contributed by atoms with Crippen LogP contribution in [0.4, 0.5) is 13.2 Å². The molecule has 1 aliphatic heterocycles. The predicted octanol–water partition coefficient (Wildman–Crippen LogP) is 2.06. The summed E-state index contributed by atoms with van der Waals surface area (Å²) in [5.41, 5.74) is 1.41. The van der Waals surface area contributed by atoms with E-state index in [2.05, 4.69) is 4.74 Å². The van der Waals surface area contributed by atoms with Gasteiger partial charge in [-0.2, -0.15) is 13.2 Å². The van der Waals surface area contributed by atoms with E-state index < -0.39 is 30.5 Å². The fourth-order valence-electron chi connectivity index (χ4n) is 2.84. The summed E-state index contributed by atoms with van der Waals surface area (Å²) in [4.78, 5) is 24.7. The summed E-state index contributed by atoms with van der Waals surface area (Å²) in [7, 11) is 1.16. The van der Waals surface area contributed by atoms with E-state index in [1.165, 1.54) is 12.1 Å². The van der Waals surface area contributed by atoms with Gasteiger partial charge in [0.05, 0.1) is 19.4 Å². The van der Waals surface area contributed by atoms with Gasteiger partial charge in [-0.3, -0.25) is 9.59 Å². The Kier molecular flexibility index (Phi) is 5.36. The highest BCUT2D eigenvalue weighted by molar-refractivity contribution is 5.84. The van der Waals surface area contributed by atoms with Gasteiger partial charge in [0.1, 0.15) is 12.3 Å². The number of nitrogens with zero attached hydrogens (tertiary/aromatic N) is 1. The minimum atomic E-state index is -4.52. The smallest absolute Gasteiger partial charge is 0.406 e. The Bertz CT molecular complexity index is 630. The van der Waals surface area contributed by atoms with Crippen LogP contribution in [0.1, 0.15) is 17.5 Å². The lowest BCUT2D eigenvalue weighted by Gasteiger charge is -2.31. The van der Waals surface area contributed by atoms with Gasteiger partial charge in [-0.25, -0.2) is 0 Å². The van der Waals surface area contributed by atoms with E-state index in [1.807, 2.05) is 0 Å². The number of ether oxygens (including phenoxy) is 1. The lowest BCUT2D eigenvalue weighted by molar-refractivity contribution is -0.165. The second-order valence-corrected chi connectivity index (χ2v) is 5.76. The molecule has 1 atom stereocenters. The summed E-state index contributed by atoms with van der Waals surface area (Å²) in [5.74, 6) is -2.28. The summed E-state index contributed by atoms with van der Waals surface area (Å²) in [5, 5.41) is 9.57. The van der Waals surface area contributed by atoms with Crippen LogP contribution < -0.4 is 0 Å². The minimum Gasteiger partial charge on any atom is -0.508 e. The summed E-state index contributed by atoms with van der Waals surface area (Å²) in [6.07, 6.45) is -4.48. The van der Waals surface area contributed by atoms with E-state index in [1.54, 1.807) is 6.07 Å². The monoisotopic (exact) mass is 345 g/mol. The number of halogens is 3. The van der Waals surface area contributed by atoms with E-state index in [9.17, 15) is 27.9 Å². The van der Waals surface area contributed by atoms with E-state index in [0.717, 1.165) is 17.6 Å². The largest absolute Gasteiger partial charge is 0.508 e. The Morgan fingerprint density at radius 3 is 2.71 bits per heavy atom. The third kappa shape index (κ3) is 4.62. The lowest BCUT2D eigenvalue weighted by Crippen LogP contribution is -2.45. The van der Waals surface area contributed by atoms with E-state index in [-0.39, 0.29) is 31.6 Å². The van der Waals surface area contributed by atoms with Crippen molar-refractivity contribution in [3.05, 3.63) is 29.3 Å². The van der Waals surface area contributed by atoms with Crippen molar-refractivity contribution in [1.29, 1.82) is 0 Å². The second kappa shape index (κ2) is 7.11. The van der Waals surface area contributed by atoms with Crippen molar-refractivity contribution >= 4 is 11.9 Å². The predicted molar refractivity (Wildman–Crippen MR) is 78.3 cm³/mol. The Hall–Kier alpha value is -2.25. The number of carbonyl (C=O) groups excluding carboxylic acids is 2. The van der Waals surface area contributed by atoms with Crippen LogP contribution in [0.25, 0.3) is 0 Å². The standard InChI is InChI=1S/C16H18F3NO4/c1-24-14(22)8-12-6-10-2-3-13(21)7-11(10)4-5-20(15(12)23)9-16(17,18)19/h2-3,7,12,21H,4-6,8-9H2,1H3/t12-/m0/s1. The van der Waals surface area contributed by atoms with Crippen LogP contribution in [0.2, 0.25) is 0 Å². The molecule has 8 heteroatoms. The van der Waals surface area contributed by atoms with Gasteiger partial charge in [-0.15, -0.1) is 0 Å². The molecule has 1 amide bonds. The summed E-state index contributed by atoms with van der Waals surface area (Å²) >= 11 is 0. The molecule has 0 unspecified atom stereocenters. The number of alkyl halides is 3. The van der Waals surface area contributed by atoms with Crippen LogP contribution in [-0.2, 0) is 27.2 Å². The molecule has 0 radical (unpaired) electrons. The summed E-state index contributed by atoms with van der Waals surface area (Å²) in [6, 6.07) is 4.56. The number of phenols is 1. The van der Waals surface area contributed by atoms with E-state index in [4.69, 9.17) is 0 Å². The van der Waals surface area contributed by atoms with Crippen molar-refractivity contribution in [3.63, 3.8) is 0 Å². The molecule has 24 heavy (non-hydrogen) atoms. The molecule has 0 aliphatic carbocycles. The molecule has 0 saturated carbocycles. The third-order valence-corrected chi connectivity index (χ3v) is 3.98. The first-order valence-corrected chi connectivity index (χ1v) is 7.42. The SMILES string of the molecule is COC(=O)C[C@@H]1Cc2ccc(O)cc2CCN(CC(F)(F)F)C1=O. The maximum Gasteiger partial charge on any atom is 0.406 e. The quantitative estimate of drug-likeness (QED) is 0.852. The normalized spacial score (nSPS) is 18.6. The number of hydrogen-bond donors (Lipinski definition) is 1. The van der Waals surface area contributed by atoms with Crippen LogP contribution >= 0.6 is 0 Å².